The minimum atomic E-state index is -4.89. The maximum Gasteiger partial charge on any atom is 0.435 e. The summed E-state index contributed by atoms with van der Waals surface area (Å²) < 4.78 is 54.3. The second-order valence-electron chi connectivity index (χ2n) is 6.02. The van der Waals surface area contributed by atoms with Crippen LogP contribution in [-0.2, 0) is 6.18 Å². The second kappa shape index (κ2) is 8.01. The van der Waals surface area contributed by atoms with Crippen molar-refractivity contribution in [2.24, 2.45) is 0 Å². The van der Waals surface area contributed by atoms with Gasteiger partial charge in [0.15, 0.2) is 11.4 Å². The molecule has 27 heavy (non-hydrogen) atoms. The van der Waals surface area contributed by atoms with Gasteiger partial charge in [-0.25, -0.2) is 9.07 Å². The van der Waals surface area contributed by atoms with Gasteiger partial charge in [0, 0.05) is 39.3 Å². The number of halogens is 4. The van der Waals surface area contributed by atoms with Crippen molar-refractivity contribution in [2.45, 2.75) is 6.18 Å². The van der Waals surface area contributed by atoms with Gasteiger partial charge < -0.3 is 10.6 Å². The van der Waals surface area contributed by atoms with Crippen molar-refractivity contribution in [1.82, 2.24) is 30.5 Å². The fourth-order valence-corrected chi connectivity index (χ4v) is 2.82. The van der Waals surface area contributed by atoms with E-state index in [4.69, 9.17) is 0 Å². The van der Waals surface area contributed by atoms with Gasteiger partial charge in [-0.15, -0.1) is 5.10 Å². The van der Waals surface area contributed by atoms with Gasteiger partial charge in [0.1, 0.15) is 5.82 Å². The third-order valence-electron chi connectivity index (χ3n) is 4.13. The number of hydrogen-bond acceptors (Lipinski definition) is 5. The second-order valence-corrected chi connectivity index (χ2v) is 6.02. The molecule has 0 aliphatic carbocycles. The number of nitrogens with one attached hydrogen (secondary N) is 2. The number of piperazine rings is 1. The van der Waals surface area contributed by atoms with E-state index >= 15 is 0 Å². The van der Waals surface area contributed by atoms with Gasteiger partial charge in [-0.3, -0.25) is 9.69 Å². The van der Waals surface area contributed by atoms with Crippen molar-refractivity contribution >= 4 is 5.91 Å². The van der Waals surface area contributed by atoms with Gasteiger partial charge in [0.25, 0.3) is 5.91 Å². The number of hydrogen-bond donors (Lipinski definition) is 2. The first-order valence-electron chi connectivity index (χ1n) is 8.36. The molecular weight excluding hydrogens is 368 g/mol. The summed E-state index contributed by atoms with van der Waals surface area (Å²) >= 11 is 0. The van der Waals surface area contributed by atoms with E-state index in [1.807, 2.05) is 0 Å². The van der Waals surface area contributed by atoms with Gasteiger partial charge in [0.2, 0.25) is 0 Å². The van der Waals surface area contributed by atoms with E-state index in [0.29, 0.717) is 11.2 Å². The molecule has 1 saturated heterocycles. The van der Waals surface area contributed by atoms with Crippen molar-refractivity contribution in [1.29, 1.82) is 0 Å². The Balaban J connectivity index is 1.77. The van der Waals surface area contributed by atoms with E-state index in [2.05, 4.69) is 25.8 Å². The molecule has 146 valence electrons. The lowest BCUT2D eigenvalue weighted by Gasteiger charge is -2.27. The number of alkyl halides is 3. The van der Waals surface area contributed by atoms with Crippen molar-refractivity contribution in [3.8, 4) is 5.69 Å². The van der Waals surface area contributed by atoms with Crippen LogP contribution in [0.2, 0.25) is 0 Å². The van der Waals surface area contributed by atoms with Crippen molar-refractivity contribution in [3.05, 3.63) is 41.5 Å². The van der Waals surface area contributed by atoms with E-state index in [1.54, 1.807) is 0 Å². The van der Waals surface area contributed by atoms with Crippen molar-refractivity contribution in [3.63, 3.8) is 0 Å². The Hall–Kier alpha value is -2.53. The maximum atomic E-state index is 13.5. The lowest BCUT2D eigenvalue weighted by molar-refractivity contribution is -0.143. The lowest BCUT2D eigenvalue weighted by Crippen LogP contribution is -2.46. The Morgan fingerprint density at radius 1 is 1.26 bits per heavy atom. The van der Waals surface area contributed by atoms with E-state index in [0.717, 1.165) is 38.3 Å². The molecule has 1 aliphatic rings. The number of benzene rings is 1. The number of rotatable bonds is 5. The molecule has 0 unspecified atom stereocenters. The molecule has 1 aromatic heterocycles. The normalized spacial score (nSPS) is 15.7. The molecule has 3 rings (SSSR count). The van der Waals surface area contributed by atoms with Crippen LogP contribution in [0.15, 0.2) is 24.3 Å². The zero-order valence-corrected chi connectivity index (χ0v) is 14.3. The van der Waals surface area contributed by atoms with Gasteiger partial charge in [-0.2, -0.15) is 13.2 Å². The average molecular weight is 386 g/mol. The van der Waals surface area contributed by atoms with Gasteiger partial charge in [-0.1, -0.05) is 11.3 Å². The SMILES string of the molecule is O=C(NCCN1CCNCC1)c1nnn(-c2cccc(F)c2)c1C(F)(F)F. The van der Waals surface area contributed by atoms with Crippen LogP contribution < -0.4 is 10.6 Å². The number of nitrogens with zero attached hydrogens (tertiary/aromatic N) is 4. The molecule has 0 saturated carbocycles. The summed E-state index contributed by atoms with van der Waals surface area (Å²) in [5, 5.41) is 12.4. The maximum absolute atomic E-state index is 13.5. The highest BCUT2D eigenvalue weighted by Gasteiger charge is 2.42. The van der Waals surface area contributed by atoms with E-state index in [-0.39, 0.29) is 12.2 Å². The number of aromatic nitrogens is 3. The summed E-state index contributed by atoms with van der Waals surface area (Å²) in [5.74, 6) is -1.70. The van der Waals surface area contributed by atoms with Crippen LogP contribution in [0.4, 0.5) is 17.6 Å². The Morgan fingerprint density at radius 2 is 2.00 bits per heavy atom. The van der Waals surface area contributed by atoms with E-state index in [1.165, 1.54) is 12.1 Å². The summed E-state index contributed by atoms with van der Waals surface area (Å²) in [6.07, 6.45) is -4.89. The van der Waals surface area contributed by atoms with Crippen LogP contribution in [0.5, 0.6) is 0 Å². The Kier molecular flexibility index (Phi) is 5.71. The molecule has 0 spiro atoms. The minimum Gasteiger partial charge on any atom is -0.349 e. The van der Waals surface area contributed by atoms with E-state index in [9.17, 15) is 22.4 Å². The molecule has 7 nitrogen and oxygen atoms in total. The third-order valence-corrected chi connectivity index (χ3v) is 4.13. The van der Waals surface area contributed by atoms with Crippen LogP contribution in [0.25, 0.3) is 5.69 Å². The minimum absolute atomic E-state index is 0.172. The molecule has 11 heteroatoms. The molecule has 2 heterocycles. The summed E-state index contributed by atoms with van der Waals surface area (Å²) in [5.41, 5.74) is -2.35. The molecule has 0 atom stereocenters. The standard InChI is InChI=1S/C16H18F4N6O/c17-11-2-1-3-12(10-11)26-14(16(18,19)20)13(23-24-26)15(27)22-6-9-25-7-4-21-5-8-25/h1-3,10,21H,4-9H2,(H,22,27). The van der Waals surface area contributed by atoms with Crippen molar-refractivity contribution < 1.29 is 22.4 Å². The van der Waals surface area contributed by atoms with Crippen LogP contribution >= 0.6 is 0 Å². The monoisotopic (exact) mass is 386 g/mol. The number of carbonyl (C=O) groups excluding carboxylic acids is 1. The Bertz CT molecular complexity index is 800. The third kappa shape index (κ3) is 4.61. The molecule has 0 radical (unpaired) electrons. The zero-order chi connectivity index (χ0) is 19.4. The van der Waals surface area contributed by atoms with Crippen LogP contribution in [0, 0.1) is 5.82 Å². The first kappa shape index (κ1) is 19.2. The average Bonchev–Trinajstić information content (AvgIpc) is 3.08. The van der Waals surface area contributed by atoms with Gasteiger partial charge in [0.05, 0.1) is 5.69 Å². The predicted molar refractivity (Wildman–Crippen MR) is 88.0 cm³/mol. The zero-order valence-electron chi connectivity index (χ0n) is 14.3. The van der Waals surface area contributed by atoms with Gasteiger partial charge >= 0.3 is 6.18 Å². The van der Waals surface area contributed by atoms with E-state index < -0.39 is 29.3 Å². The summed E-state index contributed by atoms with van der Waals surface area (Å²) in [7, 11) is 0. The first-order chi connectivity index (χ1) is 12.9. The summed E-state index contributed by atoms with van der Waals surface area (Å²) in [6.45, 7) is 3.97. The van der Waals surface area contributed by atoms with Gasteiger partial charge in [-0.05, 0) is 18.2 Å². The molecule has 2 aromatic rings. The first-order valence-corrected chi connectivity index (χ1v) is 8.36. The molecule has 1 aliphatic heterocycles. The molecule has 0 bridgehead atoms. The smallest absolute Gasteiger partial charge is 0.349 e. The fraction of sp³-hybridized carbons (Fsp3) is 0.438. The summed E-state index contributed by atoms with van der Waals surface area (Å²) in [4.78, 5) is 14.3. The number of amides is 1. The molecular formula is C16H18F4N6O. The fourth-order valence-electron chi connectivity index (χ4n) is 2.82. The Labute approximate surface area is 152 Å². The molecule has 1 amide bonds. The van der Waals surface area contributed by atoms with Crippen molar-refractivity contribution in [2.75, 3.05) is 39.3 Å². The highest BCUT2D eigenvalue weighted by Crippen LogP contribution is 2.32. The summed E-state index contributed by atoms with van der Waals surface area (Å²) in [6, 6.07) is 4.48. The topological polar surface area (TPSA) is 75.1 Å². The molecule has 1 aromatic carbocycles. The van der Waals surface area contributed by atoms with Crippen LogP contribution in [-0.4, -0.2) is 65.1 Å². The molecule has 1 fully saturated rings. The lowest BCUT2D eigenvalue weighted by atomic mass is 10.2. The molecule has 2 N–H and O–H groups in total. The van der Waals surface area contributed by atoms with Crippen LogP contribution in [0.3, 0.4) is 0 Å². The number of carbonyl (C=O) groups is 1. The van der Waals surface area contributed by atoms with Crippen LogP contribution in [0.1, 0.15) is 16.2 Å². The quantitative estimate of drug-likeness (QED) is 0.752. The highest BCUT2D eigenvalue weighted by atomic mass is 19.4. The largest absolute Gasteiger partial charge is 0.435 e. The predicted octanol–water partition coefficient (Wildman–Crippen LogP) is 1.06. The highest BCUT2D eigenvalue weighted by molar-refractivity contribution is 5.93. The Morgan fingerprint density at radius 3 is 2.67 bits per heavy atom.